The van der Waals surface area contributed by atoms with Crippen LogP contribution in [0.1, 0.15) is 11.1 Å². The normalized spacial score (nSPS) is 12.7. The van der Waals surface area contributed by atoms with Crippen LogP contribution in [0.15, 0.2) is 48.8 Å². The Morgan fingerprint density at radius 1 is 1.09 bits per heavy atom. The molecule has 0 fully saturated rings. The second-order valence-corrected chi connectivity index (χ2v) is 7.03. The molecule has 11 heteroatoms. The quantitative estimate of drug-likeness (QED) is 0.552. The second-order valence-electron chi connectivity index (χ2n) is 7.03. The van der Waals surface area contributed by atoms with E-state index in [0.717, 1.165) is 29.8 Å². The smallest absolute Gasteiger partial charge is 0.414 e. The van der Waals surface area contributed by atoms with Gasteiger partial charge in [-0.1, -0.05) is 6.07 Å². The third kappa shape index (κ3) is 7.82. The summed E-state index contributed by atoms with van der Waals surface area (Å²) in [5.74, 6) is -1.47. The topological polar surface area (TPSA) is 142 Å². The number of rotatable bonds is 6. The molecule has 1 aromatic carbocycles. The number of carboxylic acids is 2. The fourth-order valence-electron chi connectivity index (χ4n) is 2.88. The number of aromatic nitrogens is 1. The number of hydrazine groups is 1. The molecule has 1 amide bonds. The van der Waals surface area contributed by atoms with Gasteiger partial charge in [-0.05, 0) is 30.2 Å². The first-order valence-electron chi connectivity index (χ1n) is 9.84. The van der Waals surface area contributed by atoms with E-state index in [-0.39, 0.29) is 0 Å². The van der Waals surface area contributed by atoms with Crippen LogP contribution in [0.3, 0.4) is 0 Å². The zero-order valence-corrected chi connectivity index (χ0v) is 18.5. The van der Waals surface area contributed by atoms with Gasteiger partial charge in [-0.25, -0.2) is 19.4 Å². The maximum absolute atomic E-state index is 12.1. The Morgan fingerprint density at radius 2 is 1.73 bits per heavy atom. The molecule has 3 N–H and O–H groups in total. The molecule has 1 aliphatic heterocycles. The molecule has 2 aromatic rings. The molecule has 0 saturated carbocycles. The second kappa shape index (κ2) is 12.1. The summed E-state index contributed by atoms with van der Waals surface area (Å²) in [5.41, 5.74) is 6.45. The van der Waals surface area contributed by atoms with E-state index in [2.05, 4.69) is 15.4 Å². The number of nitrogens with zero attached hydrogens (tertiary/aromatic N) is 3. The number of benzene rings is 1. The number of hydrogen-bond donors (Lipinski definition) is 3. The van der Waals surface area contributed by atoms with Crippen LogP contribution in [0.2, 0.25) is 0 Å². The molecule has 1 aromatic heterocycles. The minimum Gasteiger partial charge on any atom is -0.493 e. The number of carbonyl (C=O) groups excluding carboxylic acids is 1. The van der Waals surface area contributed by atoms with E-state index in [4.69, 9.17) is 19.7 Å². The predicted molar refractivity (Wildman–Crippen MR) is 119 cm³/mol. The average Bonchev–Trinajstić information content (AvgIpc) is 2.79. The molecule has 0 aliphatic carbocycles. The van der Waals surface area contributed by atoms with E-state index < -0.39 is 18.0 Å². The van der Waals surface area contributed by atoms with Gasteiger partial charge in [0, 0.05) is 57.3 Å². The van der Waals surface area contributed by atoms with Crippen molar-refractivity contribution >= 4 is 23.7 Å². The molecule has 176 valence electrons. The Balaban J connectivity index is 0.000000414. The van der Waals surface area contributed by atoms with E-state index in [9.17, 15) is 14.4 Å². The first kappa shape index (κ1) is 25.1. The summed E-state index contributed by atoms with van der Waals surface area (Å²) in [7, 11) is 4.88. The number of carboxylic acid groups (broad SMARTS) is 2. The van der Waals surface area contributed by atoms with Crippen LogP contribution < -0.4 is 14.9 Å². The molecule has 0 atom stereocenters. The number of nitrogens with one attached hydrogen (secondary N) is 1. The highest BCUT2D eigenvalue weighted by Gasteiger charge is 2.25. The maximum atomic E-state index is 12.1. The highest BCUT2D eigenvalue weighted by molar-refractivity contribution is 5.89. The Morgan fingerprint density at radius 3 is 2.27 bits per heavy atom. The minimum absolute atomic E-state index is 0.425. The Kier molecular flexibility index (Phi) is 9.18. The largest absolute Gasteiger partial charge is 0.493 e. The maximum Gasteiger partial charge on any atom is 0.414 e. The monoisotopic (exact) mass is 458 g/mol. The van der Waals surface area contributed by atoms with Gasteiger partial charge in [-0.3, -0.25) is 4.98 Å². The minimum atomic E-state index is -1.26. The molecule has 11 nitrogen and oxygen atoms in total. The van der Waals surface area contributed by atoms with Gasteiger partial charge in [-0.2, -0.15) is 0 Å². The molecule has 0 radical (unpaired) electrons. The third-order valence-electron chi connectivity index (χ3n) is 4.43. The summed E-state index contributed by atoms with van der Waals surface area (Å²) in [5, 5.41) is 17.7. The van der Waals surface area contributed by atoms with Gasteiger partial charge in [0.25, 0.3) is 0 Å². The number of aliphatic carboxylic acids is 2. The van der Waals surface area contributed by atoms with Crippen molar-refractivity contribution in [3.05, 3.63) is 59.9 Å². The van der Waals surface area contributed by atoms with Crippen LogP contribution in [0.4, 0.5) is 10.5 Å². The molecule has 0 spiro atoms. The molecule has 33 heavy (non-hydrogen) atoms. The van der Waals surface area contributed by atoms with Crippen molar-refractivity contribution in [1.29, 1.82) is 0 Å². The molecule has 0 saturated heterocycles. The fourth-order valence-corrected chi connectivity index (χ4v) is 2.88. The number of anilines is 1. The van der Waals surface area contributed by atoms with Gasteiger partial charge in [0.1, 0.15) is 0 Å². The van der Waals surface area contributed by atoms with Crippen LogP contribution in [0, 0.1) is 0 Å². The van der Waals surface area contributed by atoms with Crippen LogP contribution in [-0.2, 0) is 22.6 Å². The van der Waals surface area contributed by atoms with Crippen molar-refractivity contribution in [2.45, 2.75) is 13.0 Å². The van der Waals surface area contributed by atoms with Crippen molar-refractivity contribution in [3.8, 4) is 11.5 Å². The number of fused-ring (bicyclic) bond motifs is 1. The SMILES string of the molecule is COc1ccc2c(c1OC(=O)N(C)C)CN(Nc1ccncc1)CC2.O=C(O)C=CC(=O)O. The van der Waals surface area contributed by atoms with Gasteiger partial charge in [0.15, 0.2) is 11.5 Å². The standard InChI is InChI=1S/C18H22N4O3.C4H4O4/c1-21(2)18(23)25-17-15-12-22(20-14-6-9-19-10-7-14)11-8-13(15)4-5-16(17)24-3;5-3(6)1-2-4(7)8/h4-7,9-10H,8,11-12H2,1-3H3,(H,19,20);1-2H,(H,5,6)(H,7,8). The van der Waals surface area contributed by atoms with E-state index in [1.807, 2.05) is 24.3 Å². The Bertz CT molecular complexity index is 993. The van der Waals surface area contributed by atoms with Crippen molar-refractivity contribution in [2.24, 2.45) is 0 Å². The molecule has 2 heterocycles. The van der Waals surface area contributed by atoms with Crippen molar-refractivity contribution < 1.29 is 34.1 Å². The van der Waals surface area contributed by atoms with Crippen LogP contribution in [0.5, 0.6) is 11.5 Å². The summed E-state index contributed by atoms with van der Waals surface area (Å²) in [6.07, 6.45) is 5.03. The first-order chi connectivity index (χ1) is 15.7. The van der Waals surface area contributed by atoms with E-state index in [1.54, 1.807) is 33.6 Å². The number of hydrogen-bond acceptors (Lipinski definition) is 8. The summed E-state index contributed by atoms with van der Waals surface area (Å²) in [6.45, 7) is 1.45. The number of methoxy groups -OCH3 is 1. The Labute approximate surface area is 190 Å². The van der Waals surface area contributed by atoms with E-state index in [1.165, 1.54) is 4.90 Å². The summed E-state index contributed by atoms with van der Waals surface area (Å²) in [6, 6.07) is 7.70. The molecular formula is C22H26N4O7. The van der Waals surface area contributed by atoms with Gasteiger partial charge in [-0.15, -0.1) is 0 Å². The van der Waals surface area contributed by atoms with Crippen molar-refractivity contribution in [3.63, 3.8) is 0 Å². The summed E-state index contributed by atoms with van der Waals surface area (Å²) >= 11 is 0. The molecule has 0 bridgehead atoms. The molecule has 0 unspecified atom stereocenters. The van der Waals surface area contributed by atoms with Crippen LogP contribution >= 0.6 is 0 Å². The fraction of sp³-hybridized carbons (Fsp3) is 0.273. The number of carbonyl (C=O) groups is 3. The highest BCUT2D eigenvalue weighted by atomic mass is 16.6. The zero-order valence-electron chi connectivity index (χ0n) is 18.5. The molecule has 3 rings (SSSR count). The predicted octanol–water partition coefficient (Wildman–Crippen LogP) is 2.25. The average molecular weight is 458 g/mol. The van der Waals surface area contributed by atoms with Crippen LogP contribution in [-0.4, -0.2) is 70.9 Å². The van der Waals surface area contributed by atoms with Gasteiger partial charge in [0.2, 0.25) is 0 Å². The third-order valence-corrected chi connectivity index (χ3v) is 4.43. The summed E-state index contributed by atoms with van der Waals surface area (Å²) < 4.78 is 11.0. The number of pyridine rings is 1. The number of ether oxygens (including phenoxy) is 2. The van der Waals surface area contributed by atoms with Gasteiger partial charge in [0.05, 0.1) is 12.8 Å². The summed E-state index contributed by atoms with van der Waals surface area (Å²) in [4.78, 5) is 36.6. The molecular weight excluding hydrogens is 432 g/mol. The lowest BCUT2D eigenvalue weighted by molar-refractivity contribution is -0.134. The lowest BCUT2D eigenvalue weighted by Crippen LogP contribution is -2.36. The highest BCUT2D eigenvalue weighted by Crippen LogP contribution is 2.37. The first-order valence-corrected chi connectivity index (χ1v) is 9.84. The zero-order chi connectivity index (χ0) is 24.4. The van der Waals surface area contributed by atoms with Gasteiger partial charge < -0.3 is 30.0 Å². The van der Waals surface area contributed by atoms with Gasteiger partial charge >= 0.3 is 18.0 Å². The van der Waals surface area contributed by atoms with E-state index >= 15 is 0 Å². The van der Waals surface area contributed by atoms with Crippen molar-refractivity contribution in [1.82, 2.24) is 14.9 Å². The van der Waals surface area contributed by atoms with E-state index in [0.29, 0.717) is 30.2 Å². The Hall–Kier alpha value is -4.12. The lowest BCUT2D eigenvalue weighted by atomic mass is 9.99. The molecule has 1 aliphatic rings. The lowest BCUT2D eigenvalue weighted by Gasteiger charge is -2.31. The number of amides is 1. The van der Waals surface area contributed by atoms with Crippen molar-refractivity contribution in [2.75, 3.05) is 33.2 Å². The van der Waals surface area contributed by atoms with Crippen LogP contribution in [0.25, 0.3) is 0 Å².